The maximum absolute atomic E-state index is 4.73. The molecule has 0 aliphatic carbocycles. The minimum Gasteiger partial charge on any atom is -0.237 e. The molecule has 0 aliphatic rings. The smallest absolute Gasteiger partial charge is 0.0940 e. The zero-order chi connectivity index (χ0) is 14.7. The second kappa shape index (κ2) is 6.16. The zero-order valence-electron chi connectivity index (χ0n) is 12.1. The molecule has 1 aromatic heterocycles. The SMILES string of the molecule is CN(C)Sn1nc(-c2ccccc2)cc1-c1ccccc1. The van der Waals surface area contributed by atoms with Crippen LogP contribution in [0.4, 0.5) is 0 Å². The van der Waals surface area contributed by atoms with Gasteiger partial charge in [0.15, 0.2) is 0 Å². The largest absolute Gasteiger partial charge is 0.237 e. The summed E-state index contributed by atoms with van der Waals surface area (Å²) >= 11 is 1.57. The Hall–Kier alpha value is -2.04. The van der Waals surface area contributed by atoms with E-state index in [1.807, 2.05) is 46.8 Å². The van der Waals surface area contributed by atoms with Gasteiger partial charge in [0.05, 0.1) is 23.5 Å². The summed E-state index contributed by atoms with van der Waals surface area (Å²) < 4.78 is 4.01. The van der Waals surface area contributed by atoms with Crippen LogP contribution in [0.2, 0.25) is 0 Å². The minimum absolute atomic E-state index is 0.990. The molecule has 0 radical (unpaired) electrons. The average molecular weight is 295 g/mol. The molecule has 0 spiro atoms. The Balaban J connectivity index is 2.07. The van der Waals surface area contributed by atoms with Gasteiger partial charge >= 0.3 is 0 Å². The van der Waals surface area contributed by atoms with Gasteiger partial charge in [-0.25, -0.2) is 4.31 Å². The Morgan fingerprint density at radius 2 is 1.43 bits per heavy atom. The van der Waals surface area contributed by atoms with Crippen molar-refractivity contribution in [3.8, 4) is 22.5 Å². The molecule has 0 amide bonds. The van der Waals surface area contributed by atoms with Gasteiger partial charge in [-0.3, -0.25) is 0 Å². The van der Waals surface area contributed by atoms with Crippen LogP contribution in [0, 0.1) is 0 Å². The molecule has 0 fully saturated rings. The van der Waals surface area contributed by atoms with E-state index >= 15 is 0 Å². The lowest BCUT2D eigenvalue weighted by atomic mass is 10.1. The fraction of sp³-hybridized carbons (Fsp3) is 0.118. The molecule has 4 heteroatoms. The lowest BCUT2D eigenvalue weighted by molar-refractivity contribution is 0.691. The first-order chi connectivity index (χ1) is 10.2. The summed E-state index contributed by atoms with van der Waals surface area (Å²) in [6.45, 7) is 0. The molecule has 1 heterocycles. The third kappa shape index (κ3) is 3.17. The summed E-state index contributed by atoms with van der Waals surface area (Å²) in [4.78, 5) is 0. The fourth-order valence-electron chi connectivity index (χ4n) is 2.13. The van der Waals surface area contributed by atoms with Gasteiger partial charge in [0, 0.05) is 11.1 Å². The molecule has 2 aromatic carbocycles. The molecular formula is C17H17N3S. The Morgan fingerprint density at radius 1 is 0.857 bits per heavy atom. The normalized spacial score (nSPS) is 11.0. The molecule has 3 rings (SSSR count). The van der Waals surface area contributed by atoms with Crippen LogP contribution < -0.4 is 0 Å². The van der Waals surface area contributed by atoms with Crippen molar-refractivity contribution in [2.24, 2.45) is 0 Å². The van der Waals surface area contributed by atoms with Crippen molar-refractivity contribution in [2.75, 3.05) is 14.1 Å². The first-order valence-electron chi connectivity index (χ1n) is 6.81. The number of hydrogen-bond donors (Lipinski definition) is 0. The van der Waals surface area contributed by atoms with Crippen LogP contribution in [0.1, 0.15) is 0 Å². The van der Waals surface area contributed by atoms with E-state index in [2.05, 4.69) is 42.5 Å². The van der Waals surface area contributed by atoms with E-state index in [4.69, 9.17) is 5.10 Å². The second-order valence-electron chi connectivity index (χ2n) is 4.91. The first-order valence-corrected chi connectivity index (χ1v) is 7.54. The predicted molar refractivity (Wildman–Crippen MR) is 89.8 cm³/mol. The van der Waals surface area contributed by atoms with Crippen molar-refractivity contribution in [1.82, 2.24) is 13.5 Å². The van der Waals surface area contributed by atoms with Crippen LogP contribution in [0.25, 0.3) is 22.5 Å². The van der Waals surface area contributed by atoms with Crippen LogP contribution in [0.5, 0.6) is 0 Å². The second-order valence-corrected chi connectivity index (χ2v) is 6.15. The molecule has 0 atom stereocenters. The van der Waals surface area contributed by atoms with Gasteiger partial charge in [0.25, 0.3) is 0 Å². The van der Waals surface area contributed by atoms with Gasteiger partial charge in [0.1, 0.15) is 0 Å². The summed E-state index contributed by atoms with van der Waals surface area (Å²) in [5.41, 5.74) is 4.39. The molecule has 0 unspecified atom stereocenters. The third-order valence-corrected chi connectivity index (χ3v) is 3.82. The van der Waals surface area contributed by atoms with Crippen molar-refractivity contribution >= 4 is 12.1 Å². The lowest BCUT2D eigenvalue weighted by Gasteiger charge is -2.10. The summed E-state index contributed by atoms with van der Waals surface area (Å²) in [7, 11) is 4.03. The maximum atomic E-state index is 4.73. The molecule has 0 saturated heterocycles. The highest BCUT2D eigenvalue weighted by Crippen LogP contribution is 2.29. The molecule has 106 valence electrons. The van der Waals surface area contributed by atoms with Crippen molar-refractivity contribution in [2.45, 2.75) is 0 Å². The third-order valence-electron chi connectivity index (χ3n) is 3.06. The van der Waals surface area contributed by atoms with Gasteiger partial charge in [-0.2, -0.15) is 9.19 Å². The van der Waals surface area contributed by atoms with Gasteiger partial charge in [-0.15, -0.1) is 0 Å². The molecule has 0 N–H and O–H groups in total. The number of rotatable bonds is 4. The number of aromatic nitrogens is 2. The van der Waals surface area contributed by atoms with E-state index in [1.165, 1.54) is 5.56 Å². The Labute approximate surface area is 129 Å². The molecule has 3 nitrogen and oxygen atoms in total. The molecule has 3 aromatic rings. The highest BCUT2D eigenvalue weighted by atomic mass is 32.2. The lowest BCUT2D eigenvalue weighted by Crippen LogP contribution is -2.06. The van der Waals surface area contributed by atoms with E-state index in [9.17, 15) is 0 Å². The molecule has 0 aliphatic heterocycles. The predicted octanol–water partition coefficient (Wildman–Crippen LogP) is 4.19. The zero-order valence-corrected chi connectivity index (χ0v) is 12.9. The molecule has 21 heavy (non-hydrogen) atoms. The Kier molecular flexibility index (Phi) is 4.08. The van der Waals surface area contributed by atoms with Crippen LogP contribution in [0.15, 0.2) is 66.7 Å². The van der Waals surface area contributed by atoms with E-state index in [0.29, 0.717) is 0 Å². The first kappa shape index (κ1) is 13.9. The van der Waals surface area contributed by atoms with E-state index in [1.54, 1.807) is 12.1 Å². The van der Waals surface area contributed by atoms with Crippen LogP contribution >= 0.6 is 12.1 Å². The van der Waals surface area contributed by atoms with Crippen LogP contribution in [-0.4, -0.2) is 27.6 Å². The molecular weight excluding hydrogens is 278 g/mol. The maximum Gasteiger partial charge on any atom is 0.0940 e. The highest BCUT2D eigenvalue weighted by molar-refractivity contribution is 7.95. The summed E-state index contributed by atoms with van der Waals surface area (Å²) in [6.07, 6.45) is 0. The average Bonchev–Trinajstić information content (AvgIpc) is 2.92. The Bertz CT molecular complexity index is 705. The van der Waals surface area contributed by atoms with Gasteiger partial charge in [0.2, 0.25) is 0 Å². The van der Waals surface area contributed by atoms with Gasteiger partial charge in [-0.1, -0.05) is 60.7 Å². The summed E-state index contributed by atoms with van der Waals surface area (Å²) in [5, 5.41) is 4.73. The van der Waals surface area contributed by atoms with Crippen molar-refractivity contribution in [3.63, 3.8) is 0 Å². The summed E-state index contributed by atoms with van der Waals surface area (Å²) in [5.74, 6) is 0. The molecule has 0 saturated carbocycles. The minimum atomic E-state index is 0.990. The molecule has 0 bridgehead atoms. The van der Waals surface area contributed by atoms with Crippen LogP contribution in [0.3, 0.4) is 0 Å². The Morgan fingerprint density at radius 3 is 2.00 bits per heavy atom. The number of benzene rings is 2. The van der Waals surface area contributed by atoms with Gasteiger partial charge in [-0.05, 0) is 20.2 Å². The van der Waals surface area contributed by atoms with Crippen molar-refractivity contribution < 1.29 is 0 Å². The number of nitrogens with zero attached hydrogens (tertiary/aromatic N) is 3. The summed E-state index contributed by atoms with van der Waals surface area (Å²) in [6, 6.07) is 22.8. The van der Waals surface area contributed by atoms with Gasteiger partial charge < -0.3 is 0 Å². The van der Waals surface area contributed by atoms with Crippen LogP contribution in [-0.2, 0) is 0 Å². The quantitative estimate of drug-likeness (QED) is 0.673. The van der Waals surface area contributed by atoms with E-state index in [0.717, 1.165) is 17.0 Å². The fourth-order valence-corrected chi connectivity index (χ4v) is 2.81. The van der Waals surface area contributed by atoms with E-state index in [-0.39, 0.29) is 0 Å². The topological polar surface area (TPSA) is 21.1 Å². The van der Waals surface area contributed by atoms with E-state index < -0.39 is 0 Å². The van der Waals surface area contributed by atoms with Crippen molar-refractivity contribution in [1.29, 1.82) is 0 Å². The standard InChI is InChI=1S/C17H17N3S/c1-19(2)21-20-17(15-11-7-4-8-12-15)13-16(18-20)14-9-5-3-6-10-14/h3-13H,1-2H3. The highest BCUT2D eigenvalue weighted by Gasteiger charge is 2.12. The number of hydrogen-bond acceptors (Lipinski definition) is 3. The monoisotopic (exact) mass is 295 g/mol. The van der Waals surface area contributed by atoms with Crippen molar-refractivity contribution in [3.05, 3.63) is 66.7 Å².